The Morgan fingerprint density at radius 2 is 1.58 bits per heavy atom. The molecule has 5 nitrogen and oxygen atoms in total. The van der Waals surface area contributed by atoms with Crippen LogP contribution in [0.25, 0.3) is 0 Å². The first-order valence-corrected chi connectivity index (χ1v) is 10.4. The molecule has 5 heteroatoms. The molecule has 0 aliphatic heterocycles. The Morgan fingerprint density at radius 3 is 2.12 bits per heavy atom. The molecule has 0 spiro atoms. The molecule has 0 atom stereocenters. The van der Waals surface area contributed by atoms with Gasteiger partial charge in [0.2, 0.25) is 0 Å². The molecule has 0 heterocycles. The maximum Gasteiger partial charge on any atom is 0.306 e. The monoisotopic (exact) mass is 358 g/mol. The molecule has 0 aromatic carbocycles. The van der Waals surface area contributed by atoms with E-state index in [0.29, 0.717) is 19.3 Å². The Hall–Kier alpha value is -1.57. The molecule has 0 unspecified atom stereocenters. The molecule has 26 heavy (non-hydrogen) atoms. The predicted octanol–water partition coefficient (Wildman–Crippen LogP) is 3.48. The number of carbonyl (C=O) groups is 2. The van der Waals surface area contributed by atoms with Gasteiger partial charge in [-0.1, -0.05) is 19.3 Å². The van der Waals surface area contributed by atoms with Gasteiger partial charge in [-0.3, -0.25) is 9.59 Å². The zero-order valence-electron chi connectivity index (χ0n) is 15.6. The topological polar surface area (TPSA) is 79.2 Å². The number of amides is 1. The van der Waals surface area contributed by atoms with Crippen molar-refractivity contribution < 1.29 is 14.3 Å². The molecule has 5 aliphatic rings. The van der Waals surface area contributed by atoms with Gasteiger partial charge in [0.05, 0.1) is 12.5 Å². The molecule has 0 aromatic heterocycles. The highest BCUT2D eigenvalue weighted by molar-refractivity contribution is 5.81. The van der Waals surface area contributed by atoms with Crippen molar-refractivity contribution in [3.05, 3.63) is 0 Å². The fraction of sp³-hybridized carbons (Fsp3) is 0.857. The third kappa shape index (κ3) is 3.61. The standard InChI is InChI=1S/C21H30N2O3/c22-14-21(4-2-1-3-5-21)23-18(24)13-26-19(25)12-20-9-15-6-16(10-20)8-17(7-15)11-20/h15-17H,1-13H2,(H,23,24). The smallest absolute Gasteiger partial charge is 0.306 e. The van der Waals surface area contributed by atoms with Gasteiger partial charge >= 0.3 is 5.97 Å². The number of nitrogens with zero attached hydrogens (tertiary/aromatic N) is 1. The first kappa shape index (κ1) is 17.8. The number of hydrogen-bond donors (Lipinski definition) is 1. The van der Waals surface area contributed by atoms with Crippen LogP contribution >= 0.6 is 0 Å². The Kier molecular flexibility index (Phi) is 4.71. The van der Waals surface area contributed by atoms with Gasteiger partial charge in [-0.05, 0) is 74.5 Å². The fourth-order valence-corrected chi connectivity index (χ4v) is 6.73. The van der Waals surface area contributed by atoms with Crippen LogP contribution in [0.4, 0.5) is 0 Å². The van der Waals surface area contributed by atoms with Crippen molar-refractivity contribution >= 4 is 11.9 Å². The van der Waals surface area contributed by atoms with Crippen molar-refractivity contribution in [2.75, 3.05) is 6.61 Å². The number of hydrogen-bond acceptors (Lipinski definition) is 4. The zero-order valence-corrected chi connectivity index (χ0v) is 15.6. The molecule has 1 amide bonds. The van der Waals surface area contributed by atoms with Crippen molar-refractivity contribution in [1.29, 1.82) is 5.26 Å². The number of carbonyl (C=O) groups excluding carboxylic acids is 2. The molecule has 142 valence electrons. The number of ether oxygens (including phenoxy) is 1. The fourth-order valence-electron chi connectivity index (χ4n) is 6.73. The lowest BCUT2D eigenvalue weighted by Crippen LogP contribution is -2.50. The first-order chi connectivity index (χ1) is 12.5. The van der Waals surface area contributed by atoms with Crippen LogP contribution in [-0.4, -0.2) is 24.0 Å². The van der Waals surface area contributed by atoms with Gasteiger partial charge in [0.1, 0.15) is 5.54 Å². The summed E-state index contributed by atoms with van der Waals surface area (Å²) in [7, 11) is 0. The van der Waals surface area contributed by atoms with E-state index in [1.807, 2.05) is 0 Å². The van der Waals surface area contributed by atoms with Crippen molar-refractivity contribution in [2.45, 2.75) is 82.6 Å². The largest absolute Gasteiger partial charge is 0.456 e. The second kappa shape index (κ2) is 6.87. The summed E-state index contributed by atoms with van der Waals surface area (Å²) in [6.45, 7) is -0.255. The summed E-state index contributed by atoms with van der Waals surface area (Å²) in [5.41, 5.74) is -0.624. The number of nitrogens with one attached hydrogen (secondary N) is 1. The highest BCUT2D eigenvalue weighted by Gasteiger charge is 2.51. The highest BCUT2D eigenvalue weighted by Crippen LogP contribution is 2.61. The van der Waals surface area contributed by atoms with Crippen LogP contribution in [0.5, 0.6) is 0 Å². The summed E-state index contributed by atoms with van der Waals surface area (Å²) < 4.78 is 5.31. The van der Waals surface area contributed by atoms with Gasteiger partial charge in [0, 0.05) is 0 Å². The maximum atomic E-state index is 12.4. The van der Waals surface area contributed by atoms with Crippen LogP contribution in [0, 0.1) is 34.5 Å². The second-order valence-corrected chi connectivity index (χ2v) is 9.56. The lowest BCUT2D eigenvalue weighted by molar-refractivity contribution is -0.155. The average Bonchev–Trinajstić information content (AvgIpc) is 2.59. The second-order valence-electron chi connectivity index (χ2n) is 9.56. The van der Waals surface area contributed by atoms with Gasteiger partial charge in [0.15, 0.2) is 6.61 Å². The summed E-state index contributed by atoms with van der Waals surface area (Å²) >= 11 is 0. The number of rotatable bonds is 5. The predicted molar refractivity (Wildman–Crippen MR) is 95.8 cm³/mol. The van der Waals surface area contributed by atoms with E-state index in [0.717, 1.165) is 37.0 Å². The third-order valence-corrected chi connectivity index (χ3v) is 7.35. The summed E-state index contributed by atoms with van der Waals surface area (Å²) in [4.78, 5) is 24.6. The minimum Gasteiger partial charge on any atom is -0.456 e. The molecular weight excluding hydrogens is 328 g/mol. The van der Waals surface area contributed by atoms with E-state index in [-0.39, 0.29) is 23.9 Å². The SMILES string of the molecule is N#CC1(NC(=O)COC(=O)CC23CC4CC(CC(C4)C2)C3)CCCCC1. The minimum absolute atomic E-state index is 0.138. The molecule has 5 fully saturated rings. The molecule has 5 rings (SSSR count). The third-order valence-electron chi connectivity index (χ3n) is 7.35. The molecule has 4 bridgehead atoms. The highest BCUT2D eigenvalue weighted by atomic mass is 16.5. The summed E-state index contributed by atoms with van der Waals surface area (Å²) in [6.07, 6.45) is 12.4. The number of nitriles is 1. The molecule has 5 saturated carbocycles. The maximum absolute atomic E-state index is 12.4. The van der Waals surface area contributed by atoms with E-state index in [2.05, 4.69) is 11.4 Å². The van der Waals surface area contributed by atoms with Crippen molar-refractivity contribution in [3.63, 3.8) is 0 Å². The van der Waals surface area contributed by atoms with Crippen LogP contribution in [0.2, 0.25) is 0 Å². The minimum atomic E-state index is -0.762. The molecule has 0 radical (unpaired) electrons. The first-order valence-electron chi connectivity index (χ1n) is 10.4. The van der Waals surface area contributed by atoms with Gasteiger partial charge in [0.25, 0.3) is 5.91 Å². The van der Waals surface area contributed by atoms with Gasteiger partial charge < -0.3 is 10.1 Å². The van der Waals surface area contributed by atoms with E-state index in [9.17, 15) is 14.9 Å². The van der Waals surface area contributed by atoms with Crippen molar-refractivity contribution in [2.24, 2.45) is 23.2 Å². The Morgan fingerprint density at radius 1 is 1.00 bits per heavy atom. The summed E-state index contributed by atoms with van der Waals surface area (Å²) in [5, 5.41) is 12.3. The summed E-state index contributed by atoms with van der Waals surface area (Å²) in [6, 6.07) is 2.27. The van der Waals surface area contributed by atoms with Gasteiger partial charge in [-0.25, -0.2) is 0 Å². The van der Waals surface area contributed by atoms with Crippen LogP contribution in [0.3, 0.4) is 0 Å². The molecule has 0 saturated heterocycles. The molecular formula is C21H30N2O3. The quantitative estimate of drug-likeness (QED) is 0.763. The van der Waals surface area contributed by atoms with Gasteiger partial charge in [-0.2, -0.15) is 5.26 Å². The molecule has 1 N–H and O–H groups in total. The van der Waals surface area contributed by atoms with Crippen LogP contribution in [-0.2, 0) is 14.3 Å². The molecule has 0 aromatic rings. The van der Waals surface area contributed by atoms with E-state index in [1.54, 1.807) is 0 Å². The summed E-state index contributed by atoms with van der Waals surface area (Å²) in [5.74, 6) is 1.83. The Balaban J connectivity index is 1.26. The van der Waals surface area contributed by atoms with Crippen LogP contribution in [0.1, 0.15) is 77.0 Å². The Labute approximate surface area is 155 Å². The van der Waals surface area contributed by atoms with Crippen molar-refractivity contribution in [1.82, 2.24) is 5.32 Å². The lowest BCUT2D eigenvalue weighted by Gasteiger charge is -2.56. The average molecular weight is 358 g/mol. The normalized spacial score (nSPS) is 37.0. The number of esters is 1. The van der Waals surface area contributed by atoms with Crippen molar-refractivity contribution in [3.8, 4) is 6.07 Å². The van der Waals surface area contributed by atoms with E-state index in [1.165, 1.54) is 38.5 Å². The zero-order chi connectivity index (χ0) is 18.2. The lowest BCUT2D eigenvalue weighted by atomic mass is 9.49. The van der Waals surface area contributed by atoms with E-state index >= 15 is 0 Å². The van der Waals surface area contributed by atoms with Gasteiger partial charge in [-0.15, -0.1) is 0 Å². The Bertz CT molecular complexity index is 580. The molecule has 5 aliphatic carbocycles. The van der Waals surface area contributed by atoms with E-state index < -0.39 is 5.54 Å². The van der Waals surface area contributed by atoms with E-state index in [4.69, 9.17) is 4.74 Å². The van der Waals surface area contributed by atoms with Crippen LogP contribution < -0.4 is 5.32 Å². The van der Waals surface area contributed by atoms with Crippen LogP contribution in [0.15, 0.2) is 0 Å².